The molecule has 0 amide bonds. The molecular formula is C5H5Pt. The van der Waals surface area contributed by atoms with E-state index in [1.165, 1.54) is 0 Å². The second-order valence-corrected chi connectivity index (χ2v) is 0.962. The zero-order valence-electron chi connectivity index (χ0n) is 3.20. The molecule has 0 aromatic rings. The maximum absolute atomic E-state index is 2.00. The molecule has 6 heavy (non-hydrogen) atoms. The fourth-order valence-electron chi connectivity index (χ4n) is 0.321. The molecule has 1 heteroatoms. The SMILES string of the molecule is [CH]1C=CC=C1.[Pt]. The van der Waals surface area contributed by atoms with Gasteiger partial charge in [0.25, 0.3) is 0 Å². The van der Waals surface area contributed by atoms with E-state index in [4.69, 9.17) is 0 Å². The normalized spacial score (nSPS) is 14.7. The molecule has 0 nitrogen and oxygen atoms in total. The first-order valence-corrected chi connectivity index (χ1v) is 1.67. The van der Waals surface area contributed by atoms with Crippen molar-refractivity contribution in [1.82, 2.24) is 0 Å². The Bertz CT molecular complexity index is 62.0. The monoisotopic (exact) mass is 260 g/mol. The molecule has 0 aromatic carbocycles. The van der Waals surface area contributed by atoms with Crippen LogP contribution in [-0.4, -0.2) is 0 Å². The van der Waals surface area contributed by atoms with Gasteiger partial charge in [0.15, 0.2) is 0 Å². The number of hydrogen-bond acceptors (Lipinski definition) is 0. The van der Waals surface area contributed by atoms with Crippen LogP contribution in [0.3, 0.4) is 0 Å². The molecule has 0 unspecified atom stereocenters. The summed E-state index contributed by atoms with van der Waals surface area (Å²) >= 11 is 0. The molecule has 1 aliphatic rings. The van der Waals surface area contributed by atoms with E-state index in [9.17, 15) is 0 Å². The average Bonchev–Trinajstić information content (AvgIpc) is 1.76. The van der Waals surface area contributed by atoms with Crippen molar-refractivity contribution in [3.8, 4) is 0 Å². The van der Waals surface area contributed by atoms with Gasteiger partial charge in [0.1, 0.15) is 0 Å². The van der Waals surface area contributed by atoms with Crippen LogP contribution in [0.2, 0.25) is 0 Å². The first-order chi connectivity index (χ1) is 2.50. The second kappa shape index (κ2) is 3.36. The van der Waals surface area contributed by atoms with Gasteiger partial charge in [-0.2, -0.15) is 0 Å². The third-order valence-electron chi connectivity index (χ3n) is 0.556. The van der Waals surface area contributed by atoms with Crippen LogP contribution in [0.25, 0.3) is 0 Å². The molecule has 0 atom stereocenters. The van der Waals surface area contributed by atoms with Gasteiger partial charge in [0.2, 0.25) is 0 Å². The van der Waals surface area contributed by atoms with Crippen molar-refractivity contribution in [3.63, 3.8) is 0 Å². The summed E-state index contributed by atoms with van der Waals surface area (Å²) in [5, 5.41) is 0. The minimum Gasteiger partial charge on any atom is -0.0767 e. The molecule has 1 rings (SSSR count). The van der Waals surface area contributed by atoms with E-state index in [2.05, 4.69) is 0 Å². The Morgan fingerprint density at radius 2 is 1.17 bits per heavy atom. The molecule has 0 saturated heterocycles. The van der Waals surface area contributed by atoms with Crippen LogP contribution in [0.5, 0.6) is 0 Å². The van der Waals surface area contributed by atoms with Crippen LogP contribution in [-0.2, 0) is 21.1 Å². The van der Waals surface area contributed by atoms with E-state index in [1.807, 2.05) is 30.7 Å². The Labute approximate surface area is 52.2 Å². The van der Waals surface area contributed by atoms with E-state index in [1.54, 1.807) is 0 Å². The van der Waals surface area contributed by atoms with Crippen LogP contribution < -0.4 is 0 Å². The van der Waals surface area contributed by atoms with Gasteiger partial charge in [0, 0.05) is 27.5 Å². The van der Waals surface area contributed by atoms with Crippen molar-refractivity contribution in [2.75, 3.05) is 0 Å². The zero-order valence-corrected chi connectivity index (χ0v) is 5.48. The summed E-state index contributed by atoms with van der Waals surface area (Å²) in [4.78, 5) is 0. The summed E-state index contributed by atoms with van der Waals surface area (Å²) in [5.41, 5.74) is 0. The Morgan fingerprint density at radius 1 is 0.667 bits per heavy atom. The van der Waals surface area contributed by atoms with Crippen molar-refractivity contribution in [3.05, 3.63) is 30.7 Å². The molecule has 0 N–H and O–H groups in total. The number of allylic oxidation sites excluding steroid dienone is 4. The summed E-state index contributed by atoms with van der Waals surface area (Å²) < 4.78 is 0. The van der Waals surface area contributed by atoms with E-state index in [0.29, 0.717) is 0 Å². The van der Waals surface area contributed by atoms with Gasteiger partial charge < -0.3 is 0 Å². The van der Waals surface area contributed by atoms with Crippen molar-refractivity contribution >= 4 is 0 Å². The molecule has 0 saturated carbocycles. The van der Waals surface area contributed by atoms with E-state index in [0.717, 1.165) is 0 Å². The molecule has 35 valence electrons. The molecule has 0 bridgehead atoms. The molecular weight excluding hydrogens is 255 g/mol. The van der Waals surface area contributed by atoms with Gasteiger partial charge in [-0.05, 0) is 0 Å². The molecule has 0 fully saturated rings. The van der Waals surface area contributed by atoms with Gasteiger partial charge in [-0.15, -0.1) is 0 Å². The third kappa shape index (κ3) is 1.57. The molecule has 1 aliphatic carbocycles. The van der Waals surface area contributed by atoms with Gasteiger partial charge in [0.05, 0.1) is 0 Å². The second-order valence-electron chi connectivity index (χ2n) is 0.962. The predicted molar refractivity (Wildman–Crippen MR) is 22.6 cm³/mol. The summed E-state index contributed by atoms with van der Waals surface area (Å²) in [6.07, 6.45) is 10.0. The fourth-order valence-corrected chi connectivity index (χ4v) is 0.321. The number of hydrogen-bond donors (Lipinski definition) is 0. The maximum atomic E-state index is 2.00. The Balaban J connectivity index is 0.000000250. The Morgan fingerprint density at radius 3 is 1.33 bits per heavy atom. The summed E-state index contributed by atoms with van der Waals surface area (Å²) in [6, 6.07) is 0. The van der Waals surface area contributed by atoms with Crippen molar-refractivity contribution < 1.29 is 21.1 Å². The van der Waals surface area contributed by atoms with Crippen molar-refractivity contribution in [1.29, 1.82) is 0 Å². The largest absolute Gasteiger partial charge is 0.0767 e. The molecule has 1 radical (unpaired) electrons. The minimum atomic E-state index is 0. The zero-order chi connectivity index (χ0) is 3.54. The summed E-state index contributed by atoms with van der Waals surface area (Å²) in [7, 11) is 0. The first-order valence-electron chi connectivity index (χ1n) is 1.67. The van der Waals surface area contributed by atoms with Crippen LogP contribution >= 0.6 is 0 Å². The van der Waals surface area contributed by atoms with Gasteiger partial charge in [-0.1, -0.05) is 24.3 Å². The fraction of sp³-hybridized carbons (Fsp3) is 0. The van der Waals surface area contributed by atoms with Crippen LogP contribution in [0, 0.1) is 6.42 Å². The maximum Gasteiger partial charge on any atom is 0.00506 e. The van der Waals surface area contributed by atoms with E-state index >= 15 is 0 Å². The van der Waals surface area contributed by atoms with Crippen LogP contribution in [0.4, 0.5) is 0 Å². The van der Waals surface area contributed by atoms with E-state index in [-0.39, 0.29) is 21.1 Å². The molecule has 0 heterocycles. The van der Waals surface area contributed by atoms with Gasteiger partial charge >= 0.3 is 0 Å². The quantitative estimate of drug-likeness (QED) is 0.616. The van der Waals surface area contributed by atoms with Crippen molar-refractivity contribution in [2.45, 2.75) is 0 Å². The van der Waals surface area contributed by atoms with Crippen LogP contribution in [0.1, 0.15) is 0 Å². The van der Waals surface area contributed by atoms with E-state index < -0.39 is 0 Å². The van der Waals surface area contributed by atoms with Gasteiger partial charge in [-0.3, -0.25) is 0 Å². The molecule has 0 aromatic heterocycles. The Kier molecular flexibility index (Phi) is 3.46. The van der Waals surface area contributed by atoms with Crippen LogP contribution in [0.15, 0.2) is 24.3 Å². The number of rotatable bonds is 0. The smallest absolute Gasteiger partial charge is 0.00506 e. The Hall–Kier alpha value is 0.168. The summed E-state index contributed by atoms with van der Waals surface area (Å²) in [5.74, 6) is 0. The minimum absolute atomic E-state index is 0. The first kappa shape index (κ1) is 6.17. The van der Waals surface area contributed by atoms with Gasteiger partial charge in [-0.25, -0.2) is 0 Å². The third-order valence-corrected chi connectivity index (χ3v) is 0.556. The standard InChI is InChI=1S/C5H5.Pt/c1-2-4-5-3-1;/h1-5H;. The molecule has 0 spiro atoms. The predicted octanol–water partition coefficient (Wildman–Crippen LogP) is 1.31. The summed E-state index contributed by atoms with van der Waals surface area (Å²) in [6.45, 7) is 0. The average molecular weight is 260 g/mol. The van der Waals surface area contributed by atoms with Crippen molar-refractivity contribution in [2.24, 2.45) is 0 Å². The molecule has 0 aliphatic heterocycles. The topological polar surface area (TPSA) is 0 Å².